The Kier molecular flexibility index (Phi) is 3.16. The summed E-state index contributed by atoms with van der Waals surface area (Å²) in [6, 6.07) is 9.24. The number of piperidine rings is 1. The topological polar surface area (TPSA) is 29.3 Å². The lowest BCUT2D eigenvalue weighted by Crippen LogP contribution is -2.31. The van der Waals surface area contributed by atoms with Crippen molar-refractivity contribution in [2.24, 2.45) is 5.73 Å². The molecule has 0 bridgehead atoms. The first-order valence-electron chi connectivity index (χ1n) is 7.23. The molecular weight excluding hydrogens is 220 g/mol. The van der Waals surface area contributed by atoms with Gasteiger partial charge in [-0.15, -0.1) is 0 Å². The van der Waals surface area contributed by atoms with Crippen LogP contribution in [0.25, 0.3) is 0 Å². The molecule has 1 saturated heterocycles. The normalized spacial score (nSPS) is 27.1. The van der Waals surface area contributed by atoms with E-state index in [0.717, 1.165) is 12.5 Å². The largest absolute Gasteiger partial charge is 0.330 e. The molecule has 0 radical (unpaired) electrons. The van der Waals surface area contributed by atoms with Crippen molar-refractivity contribution >= 4 is 0 Å². The molecule has 1 aliphatic carbocycles. The fraction of sp³-hybridized carbons (Fsp3) is 0.625. The van der Waals surface area contributed by atoms with E-state index in [-0.39, 0.29) is 0 Å². The maximum Gasteiger partial charge on any atom is 0.00763 e. The molecule has 2 heteroatoms. The fourth-order valence-electron chi connectivity index (χ4n) is 3.32. The van der Waals surface area contributed by atoms with E-state index < -0.39 is 0 Å². The van der Waals surface area contributed by atoms with E-state index in [9.17, 15) is 0 Å². The number of nitrogens with zero attached hydrogens (tertiary/aromatic N) is 1. The molecule has 1 unspecified atom stereocenters. The molecule has 0 spiro atoms. The summed E-state index contributed by atoms with van der Waals surface area (Å²) >= 11 is 0. The molecule has 1 heterocycles. The average Bonchev–Trinajstić information content (AvgIpc) is 3.20. The zero-order valence-corrected chi connectivity index (χ0v) is 11.4. The highest BCUT2D eigenvalue weighted by atomic mass is 15.1. The summed E-state index contributed by atoms with van der Waals surface area (Å²) in [7, 11) is 2.23. The first-order chi connectivity index (χ1) is 8.73. The highest BCUT2D eigenvalue weighted by Crippen LogP contribution is 2.47. The highest BCUT2D eigenvalue weighted by Gasteiger charge is 2.42. The van der Waals surface area contributed by atoms with Gasteiger partial charge < -0.3 is 10.6 Å². The number of rotatable bonds is 3. The van der Waals surface area contributed by atoms with E-state index in [0.29, 0.717) is 5.41 Å². The number of likely N-dealkylation sites (tertiary alicyclic amines) is 1. The molecule has 3 rings (SSSR count). The van der Waals surface area contributed by atoms with Crippen LogP contribution in [-0.4, -0.2) is 31.6 Å². The van der Waals surface area contributed by atoms with Gasteiger partial charge in [-0.05, 0) is 56.3 Å². The number of likely N-dealkylation sites (N-methyl/N-ethyl adjacent to an activating group) is 1. The summed E-state index contributed by atoms with van der Waals surface area (Å²) < 4.78 is 0. The fourth-order valence-corrected chi connectivity index (χ4v) is 3.32. The minimum atomic E-state index is 0.330. The van der Waals surface area contributed by atoms with Crippen LogP contribution in [0.2, 0.25) is 0 Å². The zero-order valence-electron chi connectivity index (χ0n) is 11.4. The highest BCUT2D eigenvalue weighted by molar-refractivity contribution is 5.36. The number of nitrogens with two attached hydrogens (primary N) is 1. The van der Waals surface area contributed by atoms with Crippen LogP contribution >= 0.6 is 0 Å². The molecule has 1 aliphatic heterocycles. The van der Waals surface area contributed by atoms with Gasteiger partial charge in [-0.3, -0.25) is 0 Å². The van der Waals surface area contributed by atoms with Gasteiger partial charge >= 0.3 is 0 Å². The predicted octanol–water partition coefficient (Wildman–Crippen LogP) is 2.49. The summed E-state index contributed by atoms with van der Waals surface area (Å²) in [5, 5.41) is 0. The summed E-state index contributed by atoms with van der Waals surface area (Å²) in [4.78, 5) is 2.46. The third-order valence-electron chi connectivity index (χ3n) is 4.84. The third kappa shape index (κ3) is 2.19. The van der Waals surface area contributed by atoms with Crippen LogP contribution in [0.15, 0.2) is 24.3 Å². The summed E-state index contributed by atoms with van der Waals surface area (Å²) in [5.41, 5.74) is 9.28. The van der Waals surface area contributed by atoms with Gasteiger partial charge in [-0.2, -0.15) is 0 Å². The van der Waals surface area contributed by atoms with Gasteiger partial charge in [0.25, 0.3) is 0 Å². The Labute approximate surface area is 110 Å². The van der Waals surface area contributed by atoms with E-state index in [1.54, 1.807) is 0 Å². The Morgan fingerprint density at radius 3 is 2.89 bits per heavy atom. The van der Waals surface area contributed by atoms with Gasteiger partial charge in [0.15, 0.2) is 0 Å². The lowest BCUT2D eigenvalue weighted by atomic mass is 9.87. The van der Waals surface area contributed by atoms with E-state index in [4.69, 9.17) is 5.73 Å². The monoisotopic (exact) mass is 244 g/mol. The second-order valence-electron chi connectivity index (χ2n) is 6.21. The Bertz CT molecular complexity index is 423. The van der Waals surface area contributed by atoms with Crippen LogP contribution in [0.4, 0.5) is 0 Å². The molecule has 2 N–H and O–H groups in total. The molecule has 2 fully saturated rings. The van der Waals surface area contributed by atoms with Crippen molar-refractivity contribution in [1.82, 2.24) is 4.90 Å². The second-order valence-corrected chi connectivity index (χ2v) is 6.21. The quantitative estimate of drug-likeness (QED) is 0.885. The number of hydrogen-bond donors (Lipinski definition) is 1. The van der Waals surface area contributed by atoms with E-state index in [2.05, 4.69) is 36.2 Å². The molecule has 1 aromatic rings. The Balaban J connectivity index is 1.82. The van der Waals surface area contributed by atoms with Gasteiger partial charge in [-0.25, -0.2) is 0 Å². The van der Waals surface area contributed by atoms with Gasteiger partial charge in [0, 0.05) is 18.5 Å². The van der Waals surface area contributed by atoms with Crippen molar-refractivity contribution in [3.05, 3.63) is 35.4 Å². The molecule has 18 heavy (non-hydrogen) atoms. The SMILES string of the molecule is CN1CCCC(c2cccc(C3(CN)CC3)c2)C1. The molecule has 1 aromatic carbocycles. The van der Waals surface area contributed by atoms with Crippen molar-refractivity contribution in [1.29, 1.82) is 0 Å². The Morgan fingerprint density at radius 2 is 2.22 bits per heavy atom. The molecule has 0 amide bonds. The lowest BCUT2D eigenvalue weighted by molar-refractivity contribution is 0.250. The molecule has 98 valence electrons. The Hall–Kier alpha value is -0.860. The maximum atomic E-state index is 5.94. The van der Waals surface area contributed by atoms with Crippen molar-refractivity contribution in [3.63, 3.8) is 0 Å². The molecule has 1 atom stereocenters. The van der Waals surface area contributed by atoms with Crippen LogP contribution in [0.1, 0.15) is 42.7 Å². The predicted molar refractivity (Wildman–Crippen MR) is 75.9 cm³/mol. The van der Waals surface area contributed by atoms with E-state index in [1.165, 1.54) is 49.9 Å². The smallest absolute Gasteiger partial charge is 0.00763 e. The summed E-state index contributed by atoms with van der Waals surface area (Å²) in [6.07, 6.45) is 5.21. The van der Waals surface area contributed by atoms with Crippen LogP contribution < -0.4 is 5.73 Å². The van der Waals surface area contributed by atoms with E-state index >= 15 is 0 Å². The lowest BCUT2D eigenvalue weighted by Gasteiger charge is -2.30. The molecule has 1 saturated carbocycles. The summed E-state index contributed by atoms with van der Waals surface area (Å²) in [5.74, 6) is 0.720. The number of hydrogen-bond acceptors (Lipinski definition) is 2. The molecule has 0 aromatic heterocycles. The van der Waals surface area contributed by atoms with Gasteiger partial charge in [0.1, 0.15) is 0 Å². The second kappa shape index (κ2) is 4.67. The maximum absolute atomic E-state index is 5.94. The van der Waals surface area contributed by atoms with Crippen LogP contribution in [0.3, 0.4) is 0 Å². The minimum Gasteiger partial charge on any atom is -0.330 e. The van der Waals surface area contributed by atoms with Crippen molar-refractivity contribution in [2.75, 3.05) is 26.7 Å². The van der Waals surface area contributed by atoms with Crippen LogP contribution in [0, 0.1) is 0 Å². The third-order valence-corrected chi connectivity index (χ3v) is 4.84. The molecule has 2 nitrogen and oxygen atoms in total. The van der Waals surface area contributed by atoms with Gasteiger partial charge in [0.2, 0.25) is 0 Å². The first-order valence-corrected chi connectivity index (χ1v) is 7.23. The van der Waals surface area contributed by atoms with Crippen molar-refractivity contribution in [3.8, 4) is 0 Å². The van der Waals surface area contributed by atoms with Crippen LogP contribution in [-0.2, 0) is 5.41 Å². The number of benzene rings is 1. The van der Waals surface area contributed by atoms with Crippen molar-refractivity contribution < 1.29 is 0 Å². The van der Waals surface area contributed by atoms with Crippen molar-refractivity contribution in [2.45, 2.75) is 37.0 Å². The first kappa shape index (κ1) is 12.2. The standard InChI is InChI=1S/C16H24N2/c1-18-9-3-5-14(11-18)13-4-2-6-15(10-13)16(12-17)7-8-16/h2,4,6,10,14H,3,5,7-9,11-12,17H2,1H3. The summed E-state index contributed by atoms with van der Waals surface area (Å²) in [6.45, 7) is 3.27. The molecule has 2 aliphatic rings. The van der Waals surface area contributed by atoms with Crippen LogP contribution in [0.5, 0.6) is 0 Å². The van der Waals surface area contributed by atoms with Gasteiger partial charge in [0.05, 0.1) is 0 Å². The molecular formula is C16H24N2. The van der Waals surface area contributed by atoms with E-state index in [1.807, 2.05) is 0 Å². The zero-order chi connectivity index (χ0) is 12.6. The van der Waals surface area contributed by atoms with Gasteiger partial charge in [-0.1, -0.05) is 24.3 Å². The average molecular weight is 244 g/mol. The minimum absolute atomic E-state index is 0.330. The Morgan fingerprint density at radius 1 is 1.39 bits per heavy atom.